The Morgan fingerprint density at radius 2 is 2.17 bits per heavy atom. The van der Waals surface area contributed by atoms with Gasteiger partial charge in [-0.25, -0.2) is 4.39 Å². The molecule has 18 heavy (non-hydrogen) atoms. The summed E-state index contributed by atoms with van der Waals surface area (Å²) in [5.74, 6) is 4.97. The van der Waals surface area contributed by atoms with Crippen LogP contribution in [0.1, 0.15) is 37.0 Å². The van der Waals surface area contributed by atoms with Crippen molar-refractivity contribution in [3.05, 3.63) is 29.6 Å². The van der Waals surface area contributed by atoms with Crippen molar-refractivity contribution in [3.63, 3.8) is 0 Å². The van der Waals surface area contributed by atoms with Crippen molar-refractivity contribution in [1.82, 2.24) is 5.32 Å². The fourth-order valence-electron chi connectivity index (χ4n) is 1.67. The van der Waals surface area contributed by atoms with Crippen molar-refractivity contribution in [2.24, 2.45) is 11.8 Å². The highest BCUT2D eigenvalue weighted by Gasteiger charge is 2.13. The van der Waals surface area contributed by atoms with Crippen LogP contribution in [0.2, 0.25) is 0 Å². The second-order valence-corrected chi connectivity index (χ2v) is 4.60. The second-order valence-electron chi connectivity index (χ2n) is 4.60. The van der Waals surface area contributed by atoms with Crippen LogP contribution >= 0.6 is 0 Å². The van der Waals surface area contributed by atoms with Crippen LogP contribution in [0, 0.1) is 11.7 Å². The number of carbonyl (C=O) groups excluding carboxylic acids is 1. The molecule has 1 rings (SSSR count). The van der Waals surface area contributed by atoms with Gasteiger partial charge in [-0.1, -0.05) is 19.9 Å². The first-order chi connectivity index (χ1) is 8.56. The maximum Gasteiger partial charge on any atom is 0.253 e. The molecule has 0 aliphatic heterocycles. The Bertz CT molecular complexity index is 407. The lowest BCUT2D eigenvalue weighted by Crippen LogP contribution is -2.26. The molecule has 0 aliphatic rings. The number of carbonyl (C=O) groups is 1. The highest BCUT2D eigenvalue weighted by Crippen LogP contribution is 2.18. The Morgan fingerprint density at radius 3 is 2.78 bits per heavy atom. The number of halogens is 1. The van der Waals surface area contributed by atoms with Crippen LogP contribution < -0.4 is 16.6 Å². The largest absolute Gasteiger partial charge is 0.352 e. The summed E-state index contributed by atoms with van der Waals surface area (Å²) in [6.07, 6.45) is 1.95. The predicted molar refractivity (Wildman–Crippen MR) is 70.6 cm³/mol. The predicted octanol–water partition coefficient (Wildman–Crippen LogP) is 2.28. The quantitative estimate of drug-likeness (QED) is 0.414. The van der Waals surface area contributed by atoms with Gasteiger partial charge in [0.2, 0.25) is 0 Å². The summed E-state index contributed by atoms with van der Waals surface area (Å²) >= 11 is 0. The Hall–Kier alpha value is -1.62. The number of amides is 1. The Labute approximate surface area is 107 Å². The monoisotopic (exact) mass is 253 g/mol. The van der Waals surface area contributed by atoms with Crippen LogP contribution in [0.25, 0.3) is 0 Å². The van der Waals surface area contributed by atoms with Gasteiger partial charge in [-0.3, -0.25) is 10.6 Å². The molecule has 0 saturated heterocycles. The van der Waals surface area contributed by atoms with Gasteiger partial charge in [-0.2, -0.15) is 0 Å². The molecule has 1 aromatic rings. The summed E-state index contributed by atoms with van der Waals surface area (Å²) in [6.45, 7) is 4.84. The zero-order valence-electron chi connectivity index (χ0n) is 10.8. The third kappa shape index (κ3) is 4.00. The molecule has 0 radical (unpaired) electrons. The number of para-hydroxylation sites is 1. The third-order valence-electron chi connectivity index (χ3n) is 2.65. The highest BCUT2D eigenvalue weighted by molar-refractivity contribution is 5.99. The minimum atomic E-state index is -0.535. The van der Waals surface area contributed by atoms with Crippen molar-refractivity contribution >= 4 is 11.6 Å². The average Bonchev–Trinajstić information content (AvgIpc) is 2.33. The van der Waals surface area contributed by atoms with Crippen molar-refractivity contribution in [1.29, 1.82) is 0 Å². The first-order valence-electron chi connectivity index (χ1n) is 6.09. The van der Waals surface area contributed by atoms with E-state index >= 15 is 0 Å². The lowest BCUT2D eigenvalue weighted by atomic mass is 10.1. The van der Waals surface area contributed by atoms with Gasteiger partial charge >= 0.3 is 0 Å². The molecule has 4 nitrogen and oxygen atoms in total. The molecule has 0 aliphatic carbocycles. The fraction of sp³-hybridized carbons (Fsp3) is 0.462. The zero-order valence-corrected chi connectivity index (χ0v) is 10.8. The summed E-state index contributed by atoms with van der Waals surface area (Å²) in [7, 11) is 0. The normalized spacial score (nSPS) is 10.5. The molecule has 0 aromatic heterocycles. The molecule has 0 fully saturated rings. The Balaban J connectivity index is 2.59. The lowest BCUT2D eigenvalue weighted by Gasteiger charge is -2.10. The van der Waals surface area contributed by atoms with E-state index in [4.69, 9.17) is 5.84 Å². The van der Waals surface area contributed by atoms with Crippen molar-refractivity contribution < 1.29 is 9.18 Å². The Kier molecular flexibility index (Phi) is 5.58. The molecule has 0 atom stereocenters. The second kappa shape index (κ2) is 6.96. The molecule has 0 saturated carbocycles. The van der Waals surface area contributed by atoms with E-state index in [1.807, 2.05) is 0 Å². The van der Waals surface area contributed by atoms with E-state index in [2.05, 4.69) is 24.6 Å². The van der Waals surface area contributed by atoms with Gasteiger partial charge in [0.05, 0.1) is 11.3 Å². The molecule has 0 bridgehead atoms. The van der Waals surface area contributed by atoms with Crippen molar-refractivity contribution in [2.45, 2.75) is 26.7 Å². The number of anilines is 1. The average molecular weight is 253 g/mol. The molecule has 0 unspecified atom stereocenters. The summed E-state index contributed by atoms with van der Waals surface area (Å²) in [5, 5.41) is 2.76. The molecular weight excluding hydrogens is 233 g/mol. The van der Waals surface area contributed by atoms with E-state index in [-0.39, 0.29) is 17.2 Å². The smallest absolute Gasteiger partial charge is 0.253 e. The standard InChI is InChI=1S/C13H20FN3O/c1-9(2)5-4-8-16-13(18)10-6-3-7-11(14)12(10)17-15/h3,6-7,9,17H,4-5,8,15H2,1-2H3,(H,16,18). The first-order valence-corrected chi connectivity index (χ1v) is 6.09. The van der Waals surface area contributed by atoms with Gasteiger partial charge in [-0.15, -0.1) is 0 Å². The molecule has 5 heteroatoms. The van der Waals surface area contributed by atoms with E-state index in [0.29, 0.717) is 12.5 Å². The van der Waals surface area contributed by atoms with E-state index in [1.54, 1.807) is 0 Å². The van der Waals surface area contributed by atoms with Crippen LogP contribution in [-0.2, 0) is 0 Å². The number of nitrogens with one attached hydrogen (secondary N) is 2. The van der Waals surface area contributed by atoms with Crippen LogP contribution in [0.4, 0.5) is 10.1 Å². The maximum atomic E-state index is 13.4. The summed E-state index contributed by atoms with van der Waals surface area (Å²) in [6, 6.07) is 4.28. The number of rotatable bonds is 6. The number of nitrogens with two attached hydrogens (primary N) is 1. The number of benzene rings is 1. The van der Waals surface area contributed by atoms with Crippen molar-refractivity contribution in [3.8, 4) is 0 Å². The van der Waals surface area contributed by atoms with E-state index in [1.165, 1.54) is 18.2 Å². The number of hydrogen-bond donors (Lipinski definition) is 3. The molecule has 1 aromatic carbocycles. The Morgan fingerprint density at radius 1 is 1.44 bits per heavy atom. The van der Waals surface area contributed by atoms with Gasteiger partial charge in [-0.05, 0) is 30.9 Å². The fourth-order valence-corrected chi connectivity index (χ4v) is 1.67. The lowest BCUT2D eigenvalue weighted by molar-refractivity contribution is 0.0953. The van der Waals surface area contributed by atoms with Gasteiger partial charge < -0.3 is 10.7 Å². The summed E-state index contributed by atoms with van der Waals surface area (Å²) < 4.78 is 13.4. The summed E-state index contributed by atoms with van der Waals surface area (Å²) in [5.41, 5.74) is 2.47. The minimum absolute atomic E-state index is 0.0267. The number of hydrogen-bond acceptors (Lipinski definition) is 3. The third-order valence-corrected chi connectivity index (χ3v) is 2.65. The van der Waals surface area contributed by atoms with E-state index in [0.717, 1.165) is 12.8 Å². The molecule has 4 N–H and O–H groups in total. The van der Waals surface area contributed by atoms with Crippen LogP contribution in [0.15, 0.2) is 18.2 Å². The first kappa shape index (κ1) is 14.4. The van der Waals surface area contributed by atoms with E-state index in [9.17, 15) is 9.18 Å². The van der Waals surface area contributed by atoms with Crippen LogP contribution in [0.5, 0.6) is 0 Å². The van der Waals surface area contributed by atoms with E-state index < -0.39 is 5.82 Å². The SMILES string of the molecule is CC(C)CCCNC(=O)c1cccc(F)c1NN. The van der Waals surface area contributed by atoms with Crippen LogP contribution in [0.3, 0.4) is 0 Å². The molecule has 100 valence electrons. The zero-order chi connectivity index (χ0) is 13.5. The minimum Gasteiger partial charge on any atom is -0.352 e. The molecule has 0 heterocycles. The highest BCUT2D eigenvalue weighted by atomic mass is 19.1. The number of nitrogen functional groups attached to an aromatic ring is 1. The number of hydrazine groups is 1. The molecule has 1 amide bonds. The van der Waals surface area contributed by atoms with Gasteiger partial charge in [0.1, 0.15) is 5.82 Å². The van der Waals surface area contributed by atoms with Gasteiger partial charge in [0.15, 0.2) is 0 Å². The maximum absolute atomic E-state index is 13.4. The van der Waals surface area contributed by atoms with Gasteiger partial charge in [0.25, 0.3) is 5.91 Å². The summed E-state index contributed by atoms with van der Waals surface area (Å²) in [4.78, 5) is 11.8. The molecule has 0 spiro atoms. The topological polar surface area (TPSA) is 67.2 Å². The van der Waals surface area contributed by atoms with Crippen molar-refractivity contribution in [2.75, 3.05) is 12.0 Å². The van der Waals surface area contributed by atoms with Gasteiger partial charge in [0, 0.05) is 6.54 Å². The van der Waals surface area contributed by atoms with Crippen LogP contribution in [-0.4, -0.2) is 12.5 Å². The molecular formula is C13H20FN3O.